The van der Waals surface area contributed by atoms with E-state index >= 15 is 0 Å². The molecule has 5 nitrogen and oxygen atoms in total. The second kappa shape index (κ2) is 7.94. The zero-order chi connectivity index (χ0) is 19.4. The van der Waals surface area contributed by atoms with Gasteiger partial charge >= 0.3 is 0 Å². The topological polar surface area (TPSA) is 75.3 Å². The lowest BCUT2D eigenvalue weighted by Crippen LogP contribution is -2.15. The molecule has 0 aliphatic heterocycles. The number of carbonyl (C=O) groups is 1. The van der Waals surface area contributed by atoms with Crippen LogP contribution in [0.15, 0.2) is 64.2 Å². The maximum atomic E-state index is 12.3. The number of nitrogens with one attached hydrogen (secondary N) is 2. The molecule has 0 atom stereocenters. The maximum absolute atomic E-state index is 12.3. The third-order valence-corrected chi connectivity index (χ3v) is 6.61. The molecule has 0 unspecified atom stereocenters. The molecule has 1 heterocycles. The first-order valence-electron chi connectivity index (χ1n) is 8.35. The van der Waals surface area contributed by atoms with E-state index in [0.717, 1.165) is 33.7 Å². The Bertz CT molecular complexity index is 1020. The van der Waals surface area contributed by atoms with Crippen LogP contribution in [-0.4, -0.2) is 14.3 Å². The summed E-state index contributed by atoms with van der Waals surface area (Å²) in [5.74, 6) is -0.119. The Morgan fingerprint density at radius 2 is 1.63 bits per heavy atom. The van der Waals surface area contributed by atoms with Crippen molar-refractivity contribution < 1.29 is 13.2 Å². The highest BCUT2D eigenvalue weighted by Gasteiger charge is 2.15. The molecule has 0 bridgehead atoms. The molecule has 27 heavy (non-hydrogen) atoms. The number of hydrogen-bond acceptors (Lipinski definition) is 4. The van der Waals surface area contributed by atoms with Crippen LogP contribution in [0.25, 0.3) is 0 Å². The minimum Gasteiger partial charge on any atom is -0.326 e. The average Bonchev–Trinajstić information content (AvgIpc) is 3.11. The molecule has 0 saturated heterocycles. The summed E-state index contributed by atoms with van der Waals surface area (Å²) in [6.45, 7) is 3.97. The molecule has 0 spiro atoms. The van der Waals surface area contributed by atoms with Crippen LogP contribution in [0, 0.1) is 13.8 Å². The van der Waals surface area contributed by atoms with Gasteiger partial charge in [0.05, 0.1) is 6.42 Å². The summed E-state index contributed by atoms with van der Waals surface area (Å²) in [5.41, 5.74) is 4.22. The molecule has 140 valence electrons. The van der Waals surface area contributed by atoms with Crippen molar-refractivity contribution in [2.24, 2.45) is 0 Å². The number of thiophene rings is 1. The van der Waals surface area contributed by atoms with Crippen molar-refractivity contribution in [2.75, 3.05) is 10.0 Å². The van der Waals surface area contributed by atoms with Crippen molar-refractivity contribution in [3.63, 3.8) is 0 Å². The number of sulfonamides is 1. The number of rotatable bonds is 6. The van der Waals surface area contributed by atoms with Gasteiger partial charge < -0.3 is 5.32 Å². The normalized spacial score (nSPS) is 11.2. The summed E-state index contributed by atoms with van der Waals surface area (Å²) in [6, 6.07) is 15.9. The van der Waals surface area contributed by atoms with Gasteiger partial charge in [0.1, 0.15) is 4.21 Å². The molecule has 1 aromatic heterocycles. The second-order valence-corrected chi connectivity index (χ2v) is 9.19. The number of aryl methyl sites for hydroxylation is 2. The summed E-state index contributed by atoms with van der Waals surface area (Å²) >= 11 is 1.16. The van der Waals surface area contributed by atoms with Crippen LogP contribution in [-0.2, 0) is 21.2 Å². The zero-order valence-electron chi connectivity index (χ0n) is 15.0. The summed E-state index contributed by atoms with van der Waals surface area (Å²) in [4.78, 5) is 12.3. The first-order valence-corrected chi connectivity index (χ1v) is 10.7. The first kappa shape index (κ1) is 19.1. The second-order valence-electron chi connectivity index (χ2n) is 6.34. The van der Waals surface area contributed by atoms with Gasteiger partial charge in [-0.05, 0) is 66.2 Å². The van der Waals surface area contributed by atoms with E-state index in [-0.39, 0.29) is 16.5 Å². The van der Waals surface area contributed by atoms with Gasteiger partial charge in [-0.2, -0.15) is 0 Å². The van der Waals surface area contributed by atoms with Crippen LogP contribution >= 0.6 is 11.3 Å². The zero-order valence-corrected chi connectivity index (χ0v) is 16.7. The number of anilines is 2. The highest BCUT2D eigenvalue weighted by atomic mass is 32.2. The molecule has 7 heteroatoms. The summed E-state index contributed by atoms with van der Waals surface area (Å²) in [7, 11) is -3.57. The lowest BCUT2D eigenvalue weighted by molar-refractivity contribution is -0.115. The van der Waals surface area contributed by atoms with Crippen LogP contribution in [0.2, 0.25) is 0 Å². The molecule has 0 saturated carbocycles. The van der Waals surface area contributed by atoms with Crippen molar-refractivity contribution in [2.45, 2.75) is 24.5 Å². The molecule has 0 fully saturated rings. The average molecular weight is 401 g/mol. The molecular formula is C20H20N2O3S2. The Balaban J connectivity index is 1.62. The minimum atomic E-state index is -3.57. The third kappa shape index (κ3) is 5.18. The highest BCUT2D eigenvalue weighted by molar-refractivity contribution is 7.94. The Labute approximate surface area is 163 Å². The van der Waals surface area contributed by atoms with E-state index in [1.807, 2.05) is 32.0 Å². The fourth-order valence-corrected chi connectivity index (χ4v) is 4.80. The molecular weight excluding hydrogens is 380 g/mol. The Hall–Kier alpha value is -2.64. The summed E-state index contributed by atoms with van der Waals surface area (Å²) in [5, 5.41) is 4.61. The van der Waals surface area contributed by atoms with Gasteiger partial charge in [-0.25, -0.2) is 8.42 Å². The maximum Gasteiger partial charge on any atom is 0.271 e. The molecule has 0 aliphatic carbocycles. The van der Waals surface area contributed by atoms with E-state index < -0.39 is 10.0 Å². The molecule has 2 N–H and O–H groups in total. The van der Waals surface area contributed by atoms with Gasteiger partial charge in [0, 0.05) is 11.4 Å². The number of benzene rings is 2. The van der Waals surface area contributed by atoms with Crippen LogP contribution in [0.5, 0.6) is 0 Å². The fourth-order valence-electron chi connectivity index (χ4n) is 2.75. The van der Waals surface area contributed by atoms with Crippen LogP contribution in [0.4, 0.5) is 11.4 Å². The van der Waals surface area contributed by atoms with E-state index in [9.17, 15) is 13.2 Å². The van der Waals surface area contributed by atoms with Crippen molar-refractivity contribution >= 4 is 38.6 Å². The Morgan fingerprint density at radius 3 is 2.22 bits per heavy atom. The van der Waals surface area contributed by atoms with Crippen molar-refractivity contribution in [3.8, 4) is 0 Å². The first-order chi connectivity index (χ1) is 12.8. The van der Waals surface area contributed by atoms with E-state index in [0.29, 0.717) is 5.69 Å². The van der Waals surface area contributed by atoms with Gasteiger partial charge in [-0.15, -0.1) is 11.3 Å². The number of hydrogen-bond donors (Lipinski definition) is 2. The van der Waals surface area contributed by atoms with Crippen molar-refractivity contribution in [1.82, 2.24) is 0 Å². The Kier molecular flexibility index (Phi) is 5.62. The fraction of sp³-hybridized carbons (Fsp3) is 0.150. The monoisotopic (exact) mass is 400 g/mol. The van der Waals surface area contributed by atoms with E-state index in [1.54, 1.807) is 41.8 Å². The van der Waals surface area contributed by atoms with Gasteiger partial charge in [0.15, 0.2) is 0 Å². The molecule has 0 aliphatic rings. The predicted molar refractivity (Wildman–Crippen MR) is 110 cm³/mol. The van der Waals surface area contributed by atoms with Gasteiger partial charge in [0.2, 0.25) is 5.91 Å². The van der Waals surface area contributed by atoms with Crippen LogP contribution < -0.4 is 10.0 Å². The highest BCUT2D eigenvalue weighted by Crippen LogP contribution is 2.21. The van der Waals surface area contributed by atoms with Crippen molar-refractivity contribution in [1.29, 1.82) is 0 Å². The van der Waals surface area contributed by atoms with E-state index in [2.05, 4.69) is 10.0 Å². The summed E-state index contributed by atoms with van der Waals surface area (Å²) < 4.78 is 27.2. The van der Waals surface area contributed by atoms with Crippen LogP contribution in [0.1, 0.15) is 16.7 Å². The lowest BCUT2D eigenvalue weighted by atomic mass is 10.1. The van der Waals surface area contributed by atoms with E-state index in [1.165, 1.54) is 0 Å². The number of carbonyl (C=O) groups excluding carboxylic acids is 1. The third-order valence-electron chi connectivity index (χ3n) is 3.84. The largest absolute Gasteiger partial charge is 0.326 e. The van der Waals surface area contributed by atoms with Gasteiger partial charge in [-0.3, -0.25) is 9.52 Å². The van der Waals surface area contributed by atoms with Gasteiger partial charge in [0.25, 0.3) is 10.0 Å². The lowest BCUT2D eigenvalue weighted by Gasteiger charge is -2.09. The van der Waals surface area contributed by atoms with Crippen LogP contribution in [0.3, 0.4) is 0 Å². The van der Waals surface area contributed by atoms with Crippen molar-refractivity contribution in [3.05, 3.63) is 76.7 Å². The predicted octanol–water partition coefficient (Wildman–Crippen LogP) is 4.35. The quantitative estimate of drug-likeness (QED) is 0.646. The molecule has 1 amide bonds. The Morgan fingerprint density at radius 1 is 0.963 bits per heavy atom. The molecule has 2 aromatic carbocycles. The van der Waals surface area contributed by atoms with Gasteiger partial charge in [-0.1, -0.05) is 24.3 Å². The molecule has 3 aromatic rings. The minimum absolute atomic E-state index is 0.119. The SMILES string of the molecule is Cc1cc(C)cc(NC(=O)Cc2ccc(NS(=O)(=O)c3cccs3)cc2)c1. The smallest absolute Gasteiger partial charge is 0.271 e. The van der Waals surface area contributed by atoms with E-state index in [4.69, 9.17) is 0 Å². The molecule has 0 radical (unpaired) electrons. The standard InChI is InChI=1S/C20H20N2O3S2/c1-14-10-15(2)12-18(11-14)21-19(23)13-16-5-7-17(8-6-16)22-27(24,25)20-4-3-9-26-20/h3-12,22H,13H2,1-2H3,(H,21,23). The summed E-state index contributed by atoms with van der Waals surface area (Å²) in [6.07, 6.45) is 0.213. The number of amides is 1. The molecule has 3 rings (SSSR count).